The number of hydrogen-bond acceptors (Lipinski definition) is 6. The van der Waals surface area contributed by atoms with Crippen molar-refractivity contribution in [2.45, 2.75) is 25.8 Å². The molecule has 1 aromatic rings. The Morgan fingerprint density at radius 3 is 2.43 bits per heavy atom. The minimum Gasteiger partial charge on any atom is -0.497 e. The summed E-state index contributed by atoms with van der Waals surface area (Å²) in [6.45, 7) is 3.21. The highest BCUT2D eigenvalue weighted by molar-refractivity contribution is 6.01. The van der Waals surface area contributed by atoms with Gasteiger partial charge < -0.3 is 19.5 Å². The van der Waals surface area contributed by atoms with E-state index in [4.69, 9.17) is 14.2 Å². The Balaban J connectivity index is 2.74. The number of rotatable bonds is 11. The smallest absolute Gasteiger partial charge is 0.307 e. The quantitative estimate of drug-likeness (QED) is 0.380. The lowest BCUT2D eigenvalue weighted by Gasteiger charge is -2.17. The van der Waals surface area contributed by atoms with Crippen LogP contribution in [0.3, 0.4) is 0 Å². The highest BCUT2D eigenvalue weighted by Crippen LogP contribution is 2.14. The van der Waals surface area contributed by atoms with Gasteiger partial charge in [-0.3, -0.25) is 9.59 Å². The second-order valence-corrected chi connectivity index (χ2v) is 4.95. The number of carbonyl (C=O) groups excluding carboxylic acids is 2. The molecule has 1 atom stereocenters. The number of ether oxygens (including phenoxy) is 3. The van der Waals surface area contributed by atoms with Crippen molar-refractivity contribution in [3.05, 3.63) is 29.8 Å². The molecule has 0 aliphatic rings. The molecule has 6 heteroatoms. The van der Waals surface area contributed by atoms with Gasteiger partial charge in [0.2, 0.25) is 0 Å². The van der Waals surface area contributed by atoms with Crippen molar-refractivity contribution in [3.63, 3.8) is 0 Å². The molecule has 128 valence electrons. The first-order valence-corrected chi connectivity index (χ1v) is 7.68. The molecule has 1 rings (SSSR count). The lowest BCUT2D eigenvalue weighted by molar-refractivity contribution is -0.143. The van der Waals surface area contributed by atoms with Crippen LogP contribution in [0.1, 0.15) is 30.1 Å². The number of methoxy groups -OCH3 is 2. The standard InChI is InChI=1S/C17H25NO5/c1-4-23-16(19)12-15(18-10-5-11-21-2)17(20)13-6-8-14(22-3)9-7-13/h6-9,15,18H,4-5,10-12H2,1-3H3. The maximum Gasteiger partial charge on any atom is 0.307 e. The average molecular weight is 323 g/mol. The van der Waals surface area contributed by atoms with Gasteiger partial charge in [0, 0.05) is 19.3 Å². The van der Waals surface area contributed by atoms with Gasteiger partial charge in [0.05, 0.1) is 26.2 Å². The molecule has 0 aliphatic heterocycles. The Morgan fingerprint density at radius 1 is 1.17 bits per heavy atom. The summed E-state index contributed by atoms with van der Waals surface area (Å²) in [4.78, 5) is 24.3. The fourth-order valence-electron chi connectivity index (χ4n) is 2.09. The van der Waals surface area contributed by atoms with Gasteiger partial charge >= 0.3 is 5.97 Å². The lowest BCUT2D eigenvalue weighted by atomic mass is 10.0. The zero-order valence-electron chi connectivity index (χ0n) is 14.0. The van der Waals surface area contributed by atoms with Crippen LogP contribution in [-0.2, 0) is 14.3 Å². The maximum absolute atomic E-state index is 12.6. The van der Waals surface area contributed by atoms with E-state index < -0.39 is 12.0 Å². The Bertz CT molecular complexity index is 486. The minimum absolute atomic E-state index is 0.00564. The number of carbonyl (C=O) groups is 2. The van der Waals surface area contributed by atoms with E-state index in [0.29, 0.717) is 31.1 Å². The van der Waals surface area contributed by atoms with Gasteiger partial charge in [0.15, 0.2) is 5.78 Å². The van der Waals surface area contributed by atoms with Crippen LogP contribution in [-0.4, -0.2) is 51.8 Å². The van der Waals surface area contributed by atoms with Crippen molar-refractivity contribution in [1.29, 1.82) is 0 Å². The minimum atomic E-state index is -0.612. The molecule has 0 spiro atoms. The van der Waals surface area contributed by atoms with Gasteiger partial charge in [-0.1, -0.05) is 0 Å². The fraction of sp³-hybridized carbons (Fsp3) is 0.529. The van der Waals surface area contributed by atoms with Crippen molar-refractivity contribution in [2.24, 2.45) is 0 Å². The predicted molar refractivity (Wildman–Crippen MR) is 86.9 cm³/mol. The van der Waals surface area contributed by atoms with Gasteiger partial charge in [0.25, 0.3) is 0 Å². The van der Waals surface area contributed by atoms with E-state index in [2.05, 4.69) is 5.32 Å². The third-order valence-corrected chi connectivity index (χ3v) is 3.28. The molecule has 0 saturated heterocycles. The topological polar surface area (TPSA) is 73.9 Å². The number of benzene rings is 1. The van der Waals surface area contributed by atoms with E-state index in [0.717, 1.165) is 6.42 Å². The molecular formula is C17H25NO5. The predicted octanol–water partition coefficient (Wildman–Crippen LogP) is 1.83. The van der Waals surface area contributed by atoms with E-state index >= 15 is 0 Å². The normalized spacial score (nSPS) is 11.8. The Morgan fingerprint density at radius 2 is 1.87 bits per heavy atom. The number of hydrogen-bond donors (Lipinski definition) is 1. The second kappa shape index (κ2) is 10.7. The molecule has 6 nitrogen and oxygen atoms in total. The van der Waals surface area contributed by atoms with Gasteiger partial charge in [0.1, 0.15) is 5.75 Å². The number of esters is 1. The molecule has 0 aliphatic carbocycles. The SMILES string of the molecule is CCOC(=O)CC(NCCCOC)C(=O)c1ccc(OC)cc1. The van der Waals surface area contributed by atoms with Crippen molar-refractivity contribution in [3.8, 4) is 5.75 Å². The first kappa shape index (κ1) is 19.1. The molecule has 0 fully saturated rings. The highest BCUT2D eigenvalue weighted by Gasteiger charge is 2.23. The van der Waals surface area contributed by atoms with Gasteiger partial charge in [-0.2, -0.15) is 0 Å². The summed E-state index contributed by atoms with van der Waals surface area (Å²) in [6.07, 6.45) is 0.761. The van der Waals surface area contributed by atoms with E-state index in [1.165, 1.54) is 0 Å². The van der Waals surface area contributed by atoms with Crippen LogP contribution in [0.2, 0.25) is 0 Å². The van der Waals surface area contributed by atoms with Crippen molar-refractivity contribution in [1.82, 2.24) is 5.32 Å². The number of ketones is 1. The Labute approximate surface area is 137 Å². The maximum atomic E-state index is 12.6. The van der Waals surface area contributed by atoms with Crippen LogP contribution in [0.4, 0.5) is 0 Å². The van der Waals surface area contributed by atoms with Crippen LogP contribution in [0.25, 0.3) is 0 Å². The molecule has 0 heterocycles. The van der Waals surface area contributed by atoms with Crippen LogP contribution < -0.4 is 10.1 Å². The molecule has 1 N–H and O–H groups in total. The average Bonchev–Trinajstić information content (AvgIpc) is 2.57. The molecule has 0 bridgehead atoms. The second-order valence-electron chi connectivity index (χ2n) is 4.95. The number of Topliss-reactive ketones (excluding diaryl/α,β-unsaturated/α-hetero) is 1. The molecule has 0 amide bonds. The molecule has 0 aromatic heterocycles. The van der Waals surface area contributed by atoms with Crippen LogP contribution in [0.15, 0.2) is 24.3 Å². The molecule has 1 unspecified atom stereocenters. The Kier molecular flexibility index (Phi) is 8.94. The van der Waals surface area contributed by atoms with E-state index in [1.807, 2.05) is 0 Å². The highest BCUT2D eigenvalue weighted by atomic mass is 16.5. The monoisotopic (exact) mass is 323 g/mol. The largest absolute Gasteiger partial charge is 0.497 e. The summed E-state index contributed by atoms with van der Waals surface area (Å²) < 4.78 is 15.0. The van der Waals surface area contributed by atoms with E-state index in [-0.39, 0.29) is 12.2 Å². The van der Waals surface area contributed by atoms with Gasteiger partial charge in [-0.15, -0.1) is 0 Å². The van der Waals surface area contributed by atoms with E-state index in [1.54, 1.807) is 45.4 Å². The lowest BCUT2D eigenvalue weighted by Crippen LogP contribution is -2.39. The third kappa shape index (κ3) is 6.80. The summed E-state index contributed by atoms with van der Waals surface area (Å²) in [6, 6.07) is 6.21. The molecule has 0 saturated carbocycles. The summed E-state index contributed by atoms with van der Waals surface area (Å²) in [7, 11) is 3.19. The van der Waals surface area contributed by atoms with Crippen LogP contribution in [0.5, 0.6) is 5.75 Å². The summed E-state index contributed by atoms with van der Waals surface area (Å²) in [5, 5.41) is 3.11. The molecule has 1 aromatic carbocycles. The van der Waals surface area contributed by atoms with Crippen LogP contribution in [0, 0.1) is 0 Å². The van der Waals surface area contributed by atoms with Crippen molar-refractivity contribution < 1.29 is 23.8 Å². The molecule has 0 radical (unpaired) electrons. The summed E-state index contributed by atoms with van der Waals surface area (Å²) >= 11 is 0. The summed E-state index contributed by atoms with van der Waals surface area (Å²) in [5.74, 6) is 0.147. The van der Waals surface area contributed by atoms with Crippen molar-refractivity contribution in [2.75, 3.05) is 34.0 Å². The van der Waals surface area contributed by atoms with Crippen LogP contribution >= 0.6 is 0 Å². The van der Waals surface area contributed by atoms with E-state index in [9.17, 15) is 9.59 Å². The van der Waals surface area contributed by atoms with Gasteiger partial charge in [-0.25, -0.2) is 0 Å². The first-order chi connectivity index (χ1) is 11.1. The molecule has 23 heavy (non-hydrogen) atoms. The number of nitrogens with one attached hydrogen (secondary N) is 1. The third-order valence-electron chi connectivity index (χ3n) is 3.28. The van der Waals surface area contributed by atoms with Crippen molar-refractivity contribution >= 4 is 11.8 Å². The zero-order chi connectivity index (χ0) is 17.1. The Hall–Kier alpha value is -1.92. The summed E-state index contributed by atoms with van der Waals surface area (Å²) in [5.41, 5.74) is 0.527. The zero-order valence-corrected chi connectivity index (χ0v) is 14.0. The fourth-order valence-corrected chi connectivity index (χ4v) is 2.09. The first-order valence-electron chi connectivity index (χ1n) is 7.68. The molecular weight excluding hydrogens is 298 g/mol. The van der Waals surface area contributed by atoms with Gasteiger partial charge in [-0.05, 0) is 44.2 Å².